The summed E-state index contributed by atoms with van der Waals surface area (Å²) in [5.74, 6) is 1.82. The van der Waals surface area contributed by atoms with E-state index in [1.165, 1.54) is 19.3 Å². The average Bonchev–Trinajstić information content (AvgIpc) is 2.79. The van der Waals surface area contributed by atoms with Crippen LogP contribution in [0.2, 0.25) is 0 Å². The first-order valence-corrected chi connectivity index (χ1v) is 9.89. The zero-order chi connectivity index (χ0) is 17.2. The van der Waals surface area contributed by atoms with Gasteiger partial charge < -0.3 is 9.84 Å². The summed E-state index contributed by atoms with van der Waals surface area (Å²) in [5.41, 5.74) is 0.679. The van der Waals surface area contributed by atoms with Gasteiger partial charge in [-0.25, -0.2) is 0 Å². The van der Waals surface area contributed by atoms with Gasteiger partial charge in [-0.2, -0.15) is 0 Å². The molecule has 0 aromatic carbocycles. The lowest BCUT2D eigenvalue weighted by Crippen LogP contribution is -2.50. The zero-order valence-electron chi connectivity index (χ0n) is 16.4. The van der Waals surface area contributed by atoms with E-state index in [-0.39, 0.29) is 17.6 Å². The average molecular weight is 323 g/mol. The molecule has 23 heavy (non-hydrogen) atoms. The Kier molecular flexibility index (Phi) is 4.21. The van der Waals surface area contributed by atoms with Crippen LogP contribution in [0.4, 0.5) is 0 Å². The second-order valence-corrected chi connectivity index (χ2v) is 10.4. The first-order valence-electron chi connectivity index (χ1n) is 9.89. The highest BCUT2D eigenvalue weighted by Crippen LogP contribution is 2.66. The van der Waals surface area contributed by atoms with Crippen molar-refractivity contribution in [3.05, 3.63) is 0 Å². The smallest absolute Gasteiger partial charge is 0.0874 e. The first kappa shape index (κ1) is 17.7. The van der Waals surface area contributed by atoms with Gasteiger partial charge in [0, 0.05) is 0 Å². The molecule has 0 bridgehead atoms. The minimum absolute atomic E-state index is 0.00241. The lowest BCUT2D eigenvalue weighted by atomic mass is 9.58. The van der Waals surface area contributed by atoms with Crippen molar-refractivity contribution in [3.63, 3.8) is 0 Å². The maximum absolute atomic E-state index is 10.8. The topological polar surface area (TPSA) is 29.5 Å². The molecule has 2 saturated carbocycles. The van der Waals surface area contributed by atoms with Gasteiger partial charge in [-0.1, -0.05) is 61.3 Å². The number of aliphatic hydroxyl groups excluding tert-OH is 1. The van der Waals surface area contributed by atoms with E-state index in [1.807, 2.05) is 0 Å². The van der Waals surface area contributed by atoms with Crippen LogP contribution >= 0.6 is 0 Å². The van der Waals surface area contributed by atoms with Gasteiger partial charge in [-0.3, -0.25) is 0 Å². The molecule has 0 aromatic heterocycles. The first-order chi connectivity index (χ1) is 10.5. The molecule has 1 heterocycles. The lowest BCUT2D eigenvalue weighted by Gasteiger charge is -2.49. The predicted molar refractivity (Wildman–Crippen MR) is 95.2 cm³/mol. The van der Waals surface area contributed by atoms with E-state index in [9.17, 15) is 5.11 Å². The number of unbranched alkanes of at least 4 members (excludes halogenated alkanes) is 1. The zero-order valence-corrected chi connectivity index (χ0v) is 16.4. The fourth-order valence-electron chi connectivity index (χ4n) is 6.48. The summed E-state index contributed by atoms with van der Waals surface area (Å²) in [5, 5.41) is 10.8. The van der Waals surface area contributed by atoms with Crippen molar-refractivity contribution in [3.8, 4) is 0 Å². The van der Waals surface area contributed by atoms with E-state index in [0.29, 0.717) is 34.7 Å². The number of hydrogen-bond acceptors (Lipinski definition) is 2. The molecule has 7 atom stereocenters. The molecule has 1 unspecified atom stereocenters. The third kappa shape index (κ3) is 2.42. The molecule has 3 rings (SSSR count). The van der Waals surface area contributed by atoms with Crippen LogP contribution in [0, 0.1) is 34.0 Å². The van der Waals surface area contributed by atoms with Crippen molar-refractivity contribution in [2.45, 2.75) is 98.9 Å². The fourth-order valence-corrected chi connectivity index (χ4v) is 6.48. The fraction of sp³-hybridized carbons (Fsp3) is 1.00. The highest BCUT2D eigenvalue weighted by Gasteiger charge is 2.65. The largest absolute Gasteiger partial charge is 0.390 e. The van der Waals surface area contributed by atoms with Crippen LogP contribution in [0.5, 0.6) is 0 Å². The standard InChI is InChI=1S/C21H38O2/c1-8-9-10-21(7)16-13(2)14-11-19(3,4)18(22)17(14)23-15(16)12-20(21,5)6/h13-18,22H,8-12H2,1-7H3/t13-,14-,15+,16+,17?,18+,21-/m1/s1. The molecule has 0 radical (unpaired) electrons. The predicted octanol–water partition coefficient (Wildman–Crippen LogP) is 5.04. The van der Waals surface area contributed by atoms with Gasteiger partial charge in [0.25, 0.3) is 0 Å². The van der Waals surface area contributed by atoms with Gasteiger partial charge in [-0.15, -0.1) is 0 Å². The van der Waals surface area contributed by atoms with E-state index < -0.39 is 0 Å². The van der Waals surface area contributed by atoms with Crippen LogP contribution in [0.3, 0.4) is 0 Å². The molecule has 0 aromatic rings. The number of rotatable bonds is 3. The Morgan fingerprint density at radius 3 is 2.35 bits per heavy atom. The summed E-state index contributed by atoms with van der Waals surface area (Å²) in [7, 11) is 0. The Morgan fingerprint density at radius 2 is 1.74 bits per heavy atom. The molecule has 2 heteroatoms. The summed E-state index contributed by atoms with van der Waals surface area (Å²) in [6, 6.07) is 0. The van der Waals surface area contributed by atoms with Crippen LogP contribution in [0.1, 0.15) is 80.6 Å². The van der Waals surface area contributed by atoms with Crippen LogP contribution in [-0.4, -0.2) is 23.4 Å². The van der Waals surface area contributed by atoms with Crippen LogP contribution < -0.4 is 0 Å². The highest BCUT2D eigenvalue weighted by molar-refractivity contribution is 5.13. The molecule has 0 spiro atoms. The van der Waals surface area contributed by atoms with E-state index >= 15 is 0 Å². The maximum atomic E-state index is 10.8. The molecule has 3 aliphatic rings. The Bertz CT molecular complexity index is 455. The minimum atomic E-state index is -0.304. The van der Waals surface area contributed by atoms with Crippen molar-refractivity contribution in [1.29, 1.82) is 0 Å². The molecule has 1 aliphatic heterocycles. The number of ether oxygens (including phenoxy) is 1. The summed E-state index contributed by atoms with van der Waals surface area (Å²) >= 11 is 0. The van der Waals surface area contributed by atoms with Crippen molar-refractivity contribution in [2.75, 3.05) is 0 Å². The molecule has 3 fully saturated rings. The monoisotopic (exact) mass is 322 g/mol. The molecule has 1 N–H and O–H groups in total. The van der Waals surface area contributed by atoms with Gasteiger partial charge in [0.2, 0.25) is 0 Å². The van der Waals surface area contributed by atoms with Crippen molar-refractivity contribution >= 4 is 0 Å². The van der Waals surface area contributed by atoms with Gasteiger partial charge in [0.15, 0.2) is 0 Å². The Balaban J connectivity index is 1.92. The Labute approximate surface area is 143 Å². The SMILES string of the molecule is CCCC[C@]1(C)[C@H]2[C@H](C)[C@H]3CC(C)(C)[C@@H](O)C3O[C@H]2CC1(C)C. The van der Waals surface area contributed by atoms with Crippen molar-refractivity contribution < 1.29 is 9.84 Å². The van der Waals surface area contributed by atoms with E-state index in [2.05, 4.69) is 48.5 Å². The van der Waals surface area contributed by atoms with Gasteiger partial charge in [-0.05, 0) is 53.3 Å². The third-order valence-electron chi connectivity index (χ3n) is 8.31. The Morgan fingerprint density at radius 1 is 1.09 bits per heavy atom. The summed E-state index contributed by atoms with van der Waals surface area (Å²) in [4.78, 5) is 0. The van der Waals surface area contributed by atoms with Crippen LogP contribution in [0.25, 0.3) is 0 Å². The van der Waals surface area contributed by atoms with E-state index in [4.69, 9.17) is 4.74 Å². The molecule has 134 valence electrons. The Hall–Kier alpha value is -0.0800. The summed E-state index contributed by atoms with van der Waals surface area (Å²) in [6.45, 7) is 16.6. The van der Waals surface area contributed by atoms with Gasteiger partial charge in [0.05, 0.1) is 18.3 Å². The quantitative estimate of drug-likeness (QED) is 0.789. The van der Waals surface area contributed by atoms with Crippen molar-refractivity contribution in [1.82, 2.24) is 0 Å². The molecule has 0 amide bonds. The third-order valence-corrected chi connectivity index (χ3v) is 8.31. The van der Waals surface area contributed by atoms with Crippen LogP contribution in [0.15, 0.2) is 0 Å². The molecular weight excluding hydrogens is 284 g/mol. The van der Waals surface area contributed by atoms with E-state index in [0.717, 1.165) is 12.8 Å². The van der Waals surface area contributed by atoms with Gasteiger partial charge >= 0.3 is 0 Å². The summed E-state index contributed by atoms with van der Waals surface area (Å²) in [6.07, 6.45) is 6.26. The minimum Gasteiger partial charge on any atom is -0.390 e. The number of aliphatic hydroxyl groups is 1. The maximum Gasteiger partial charge on any atom is 0.0874 e. The summed E-state index contributed by atoms with van der Waals surface area (Å²) < 4.78 is 6.61. The second kappa shape index (κ2) is 5.46. The van der Waals surface area contributed by atoms with E-state index in [1.54, 1.807) is 0 Å². The van der Waals surface area contributed by atoms with Gasteiger partial charge in [0.1, 0.15) is 0 Å². The van der Waals surface area contributed by atoms with Crippen molar-refractivity contribution in [2.24, 2.45) is 34.0 Å². The molecular formula is C21H38O2. The number of hydrogen-bond donors (Lipinski definition) is 1. The molecule has 2 nitrogen and oxygen atoms in total. The molecule has 1 saturated heterocycles. The lowest BCUT2D eigenvalue weighted by molar-refractivity contribution is -0.168. The normalized spacial score (nSPS) is 50.6. The second-order valence-electron chi connectivity index (χ2n) is 10.4. The molecule has 2 aliphatic carbocycles. The van der Waals surface area contributed by atoms with Crippen LogP contribution in [-0.2, 0) is 4.74 Å². The highest BCUT2D eigenvalue weighted by atomic mass is 16.5. The number of fused-ring (bicyclic) bond motifs is 2.